The van der Waals surface area contributed by atoms with Crippen molar-refractivity contribution in [1.82, 2.24) is 15.0 Å². The minimum atomic E-state index is 0.393. The van der Waals surface area contributed by atoms with Crippen LogP contribution in [0.25, 0.3) is 21.9 Å². The normalized spacial score (nSPS) is 10.8. The molecule has 0 atom stereocenters. The van der Waals surface area contributed by atoms with E-state index in [4.69, 9.17) is 15.2 Å². The molecule has 2 heterocycles. The van der Waals surface area contributed by atoms with E-state index in [9.17, 15) is 0 Å². The first kappa shape index (κ1) is 11.5. The maximum atomic E-state index is 5.85. The highest BCUT2D eigenvalue weighted by atomic mass is 16.5. The fourth-order valence-electron chi connectivity index (χ4n) is 2.04. The van der Waals surface area contributed by atoms with Crippen LogP contribution in [0.2, 0.25) is 0 Å². The van der Waals surface area contributed by atoms with Crippen molar-refractivity contribution in [2.45, 2.75) is 0 Å². The lowest BCUT2D eigenvalue weighted by Gasteiger charge is -2.10. The lowest BCUT2D eigenvalue weighted by Crippen LogP contribution is -1.97. The van der Waals surface area contributed by atoms with E-state index in [1.54, 1.807) is 14.2 Å². The summed E-state index contributed by atoms with van der Waals surface area (Å²) in [4.78, 5) is 12.6. The zero-order valence-corrected chi connectivity index (χ0v) is 10.5. The molecular weight excluding hydrogens is 244 g/mol. The standard InChI is InChI=1S/C13H12N4O2/c1-18-9-3-4-10(19-2)11-7(9)5-8-12(14)15-6-16-13(8)17-11/h3-6H,1-2H3,(H2,14,15,16,17). The molecule has 0 unspecified atom stereocenters. The number of nitrogens with zero attached hydrogens (tertiary/aromatic N) is 3. The summed E-state index contributed by atoms with van der Waals surface area (Å²) in [6.07, 6.45) is 1.39. The number of anilines is 1. The van der Waals surface area contributed by atoms with Crippen molar-refractivity contribution in [2.24, 2.45) is 0 Å². The largest absolute Gasteiger partial charge is 0.496 e. The number of methoxy groups -OCH3 is 2. The number of pyridine rings is 1. The zero-order valence-electron chi connectivity index (χ0n) is 10.5. The fraction of sp³-hybridized carbons (Fsp3) is 0.154. The molecule has 0 saturated carbocycles. The molecular formula is C13H12N4O2. The van der Waals surface area contributed by atoms with Gasteiger partial charge < -0.3 is 15.2 Å². The minimum absolute atomic E-state index is 0.393. The summed E-state index contributed by atoms with van der Waals surface area (Å²) in [5.74, 6) is 1.76. The molecule has 2 aromatic heterocycles. The average Bonchev–Trinajstić information content (AvgIpc) is 2.45. The molecule has 6 nitrogen and oxygen atoms in total. The number of fused-ring (bicyclic) bond motifs is 2. The van der Waals surface area contributed by atoms with Crippen LogP contribution in [-0.2, 0) is 0 Å². The number of nitrogens with two attached hydrogens (primary N) is 1. The third kappa shape index (κ3) is 1.69. The highest BCUT2D eigenvalue weighted by molar-refractivity contribution is 6.00. The summed E-state index contributed by atoms with van der Waals surface area (Å²) < 4.78 is 10.7. The molecule has 0 fully saturated rings. The Bertz CT molecular complexity index is 773. The van der Waals surface area contributed by atoms with Gasteiger partial charge in [-0.2, -0.15) is 0 Å². The molecule has 3 rings (SSSR count). The smallest absolute Gasteiger partial charge is 0.165 e. The van der Waals surface area contributed by atoms with E-state index < -0.39 is 0 Å². The van der Waals surface area contributed by atoms with E-state index in [1.807, 2.05) is 18.2 Å². The molecule has 0 spiro atoms. The fourth-order valence-corrected chi connectivity index (χ4v) is 2.04. The van der Waals surface area contributed by atoms with E-state index in [0.29, 0.717) is 33.9 Å². The highest BCUT2D eigenvalue weighted by Crippen LogP contribution is 2.34. The van der Waals surface area contributed by atoms with Crippen molar-refractivity contribution in [3.63, 3.8) is 0 Å². The topological polar surface area (TPSA) is 83.2 Å². The number of aromatic nitrogens is 3. The maximum absolute atomic E-state index is 5.85. The molecule has 1 aromatic carbocycles. The number of hydrogen-bond acceptors (Lipinski definition) is 6. The number of ether oxygens (including phenoxy) is 2. The van der Waals surface area contributed by atoms with Gasteiger partial charge >= 0.3 is 0 Å². The van der Waals surface area contributed by atoms with Crippen LogP contribution >= 0.6 is 0 Å². The Labute approximate surface area is 109 Å². The van der Waals surface area contributed by atoms with Gasteiger partial charge in [0, 0.05) is 5.39 Å². The number of benzene rings is 1. The van der Waals surface area contributed by atoms with Gasteiger partial charge in [-0.3, -0.25) is 0 Å². The van der Waals surface area contributed by atoms with Crippen LogP contribution in [-0.4, -0.2) is 29.2 Å². The lowest BCUT2D eigenvalue weighted by atomic mass is 10.1. The Morgan fingerprint density at radius 2 is 1.74 bits per heavy atom. The third-order valence-electron chi connectivity index (χ3n) is 2.98. The molecule has 0 radical (unpaired) electrons. The van der Waals surface area contributed by atoms with Gasteiger partial charge in [0.25, 0.3) is 0 Å². The molecule has 6 heteroatoms. The number of nitrogen functional groups attached to an aromatic ring is 1. The third-order valence-corrected chi connectivity index (χ3v) is 2.98. The van der Waals surface area contributed by atoms with Crippen LogP contribution in [0.3, 0.4) is 0 Å². The summed E-state index contributed by atoms with van der Waals surface area (Å²) in [6, 6.07) is 5.51. The van der Waals surface area contributed by atoms with Crippen molar-refractivity contribution in [2.75, 3.05) is 20.0 Å². The molecule has 0 saturated heterocycles. The Morgan fingerprint density at radius 1 is 1.00 bits per heavy atom. The Hall–Kier alpha value is -2.63. The molecule has 2 N–H and O–H groups in total. The second-order valence-electron chi connectivity index (χ2n) is 3.98. The zero-order chi connectivity index (χ0) is 13.4. The summed E-state index contributed by atoms with van der Waals surface area (Å²) in [5.41, 5.74) is 7.07. The Kier molecular flexibility index (Phi) is 2.56. The van der Waals surface area contributed by atoms with Crippen molar-refractivity contribution in [3.05, 3.63) is 24.5 Å². The quantitative estimate of drug-likeness (QED) is 0.703. The first-order valence-electron chi connectivity index (χ1n) is 5.66. The van der Waals surface area contributed by atoms with Gasteiger partial charge in [0.1, 0.15) is 29.2 Å². The monoisotopic (exact) mass is 256 g/mol. The molecule has 0 aliphatic heterocycles. The van der Waals surface area contributed by atoms with Gasteiger partial charge in [0.15, 0.2) is 5.65 Å². The molecule has 96 valence electrons. The van der Waals surface area contributed by atoms with E-state index in [2.05, 4.69) is 15.0 Å². The van der Waals surface area contributed by atoms with Crippen molar-refractivity contribution < 1.29 is 9.47 Å². The van der Waals surface area contributed by atoms with Crippen molar-refractivity contribution in [3.8, 4) is 11.5 Å². The SMILES string of the molecule is COc1ccc(OC)c2nc3ncnc(N)c3cc12. The van der Waals surface area contributed by atoms with Gasteiger partial charge in [-0.25, -0.2) is 15.0 Å². The van der Waals surface area contributed by atoms with Gasteiger partial charge in [-0.05, 0) is 18.2 Å². The number of rotatable bonds is 2. The van der Waals surface area contributed by atoms with Crippen LogP contribution in [0.15, 0.2) is 24.5 Å². The van der Waals surface area contributed by atoms with Crippen LogP contribution in [0.1, 0.15) is 0 Å². The second-order valence-corrected chi connectivity index (χ2v) is 3.98. The summed E-state index contributed by atoms with van der Waals surface area (Å²) in [6.45, 7) is 0. The summed E-state index contributed by atoms with van der Waals surface area (Å²) >= 11 is 0. The summed E-state index contributed by atoms with van der Waals surface area (Å²) in [7, 11) is 3.21. The van der Waals surface area contributed by atoms with Crippen molar-refractivity contribution in [1.29, 1.82) is 0 Å². The van der Waals surface area contributed by atoms with Crippen LogP contribution in [0.4, 0.5) is 5.82 Å². The van der Waals surface area contributed by atoms with E-state index in [1.165, 1.54) is 6.33 Å². The molecule has 0 amide bonds. The molecule has 3 aromatic rings. The maximum Gasteiger partial charge on any atom is 0.165 e. The molecule has 0 bridgehead atoms. The first-order valence-corrected chi connectivity index (χ1v) is 5.66. The minimum Gasteiger partial charge on any atom is -0.496 e. The van der Waals surface area contributed by atoms with E-state index in [-0.39, 0.29) is 0 Å². The van der Waals surface area contributed by atoms with E-state index in [0.717, 1.165) is 5.39 Å². The first-order chi connectivity index (χ1) is 9.24. The summed E-state index contributed by atoms with van der Waals surface area (Å²) in [5, 5.41) is 1.51. The molecule has 0 aliphatic carbocycles. The molecule has 19 heavy (non-hydrogen) atoms. The molecule has 0 aliphatic rings. The van der Waals surface area contributed by atoms with E-state index >= 15 is 0 Å². The van der Waals surface area contributed by atoms with Gasteiger partial charge in [-0.15, -0.1) is 0 Å². The van der Waals surface area contributed by atoms with Crippen LogP contribution in [0, 0.1) is 0 Å². The second kappa shape index (κ2) is 4.24. The van der Waals surface area contributed by atoms with Crippen molar-refractivity contribution >= 4 is 27.8 Å². The predicted octanol–water partition coefficient (Wildman–Crippen LogP) is 1.78. The van der Waals surface area contributed by atoms with Crippen LogP contribution in [0.5, 0.6) is 11.5 Å². The Morgan fingerprint density at radius 3 is 2.47 bits per heavy atom. The lowest BCUT2D eigenvalue weighted by molar-refractivity contribution is 0.410. The Balaban J connectivity index is 2.49. The number of hydrogen-bond donors (Lipinski definition) is 1. The predicted molar refractivity (Wildman–Crippen MR) is 72.4 cm³/mol. The van der Waals surface area contributed by atoms with Gasteiger partial charge in [-0.1, -0.05) is 0 Å². The van der Waals surface area contributed by atoms with Crippen LogP contribution < -0.4 is 15.2 Å². The average molecular weight is 256 g/mol. The van der Waals surface area contributed by atoms with Gasteiger partial charge in [0.05, 0.1) is 19.6 Å². The van der Waals surface area contributed by atoms with Gasteiger partial charge in [0.2, 0.25) is 0 Å². The highest BCUT2D eigenvalue weighted by Gasteiger charge is 2.12.